The second kappa shape index (κ2) is 3.63. The van der Waals surface area contributed by atoms with E-state index in [4.69, 9.17) is 0 Å². The highest BCUT2D eigenvalue weighted by Crippen LogP contribution is 2.22. The molecule has 1 aliphatic rings. The monoisotopic (exact) mass is 214 g/mol. The maximum Gasteiger partial charge on any atom is 0.153 e. The highest BCUT2D eigenvalue weighted by atomic mass is 15.5. The van der Waals surface area contributed by atoms with Crippen molar-refractivity contribution in [3.05, 3.63) is 35.5 Å². The molecule has 3 rings (SSSR count). The van der Waals surface area contributed by atoms with Crippen LogP contribution in [-0.2, 0) is 6.42 Å². The van der Waals surface area contributed by atoms with Crippen LogP contribution < -0.4 is 5.32 Å². The molecular formula is C12H14N4. The van der Waals surface area contributed by atoms with E-state index in [-0.39, 0.29) is 0 Å². The largest absolute Gasteiger partial charge is 0.368 e. The fourth-order valence-corrected chi connectivity index (χ4v) is 1.99. The summed E-state index contributed by atoms with van der Waals surface area (Å²) in [5.41, 5.74) is 3.39. The summed E-state index contributed by atoms with van der Waals surface area (Å²) in [4.78, 5) is 0. The minimum Gasteiger partial charge on any atom is -0.368 e. The van der Waals surface area contributed by atoms with E-state index in [1.54, 1.807) is 0 Å². The van der Waals surface area contributed by atoms with Crippen molar-refractivity contribution in [1.29, 1.82) is 0 Å². The number of hydrogen-bond donors (Lipinski definition) is 1. The highest BCUT2D eigenvalue weighted by Gasteiger charge is 2.16. The van der Waals surface area contributed by atoms with Gasteiger partial charge >= 0.3 is 0 Å². The van der Waals surface area contributed by atoms with Gasteiger partial charge in [-0.05, 0) is 31.9 Å². The lowest BCUT2D eigenvalue weighted by atomic mass is 10.2. The Balaban J connectivity index is 2.06. The molecule has 0 saturated heterocycles. The van der Waals surface area contributed by atoms with Crippen molar-refractivity contribution in [1.82, 2.24) is 15.0 Å². The molecule has 0 radical (unpaired) electrons. The van der Waals surface area contributed by atoms with Gasteiger partial charge in [0.15, 0.2) is 5.82 Å². The molecule has 0 bridgehead atoms. The molecule has 0 amide bonds. The molecule has 0 saturated carbocycles. The number of fused-ring (bicyclic) bond motifs is 1. The van der Waals surface area contributed by atoms with Gasteiger partial charge in [-0.2, -0.15) is 4.68 Å². The number of nitrogens with zero attached hydrogens (tertiary/aromatic N) is 3. The van der Waals surface area contributed by atoms with E-state index in [9.17, 15) is 0 Å². The van der Waals surface area contributed by atoms with Gasteiger partial charge in [0.2, 0.25) is 0 Å². The van der Waals surface area contributed by atoms with Crippen LogP contribution in [0.15, 0.2) is 24.3 Å². The molecule has 4 heteroatoms. The van der Waals surface area contributed by atoms with Crippen molar-refractivity contribution in [3.8, 4) is 5.69 Å². The molecule has 1 aromatic carbocycles. The second-order valence-electron chi connectivity index (χ2n) is 4.16. The smallest absolute Gasteiger partial charge is 0.153 e. The van der Waals surface area contributed by atoms with Gasteiger partial charge in [-0.3, -0.25) is 0 Å². The predicted octanol–water partition coefficient (Wildman–Crippen LogP) is 1.93. The molecule has 4 nitrogen and oxygen atoms in total. The Kier molecular flexibility index (Phi) is 2.13. The lowest BCUT2D eigenvalue weighted by Crippen LogP contribution is -2.14. The van der Waals surface area contributed by atoms with Crippen LogP contribution in [0.3, 0.4) is 0 Å². The molecule has 2 aromatic rings. The van der Waals surface area contributed by atoms with Gasteiger partial charge in [0.25, 0.3) is 0 Å². The first-order valence-corrected chi connectivity index (χ1v) is 5.60. The SMILES string of the molecule is Cc1ccc(-n2nnc3c2NCCC3)cc1. The molecule has 1 aliphatic heterocycles. The van der Waals surface area contributed by atoms with Gasteiger partial charge in [0.05, 0.1) is 5.69 Å². The Morgan fingerprint density at radius 3 is 2.88 bits per heavy atom. The van der Waals surface area contributed by atoms with E-state index in [0.717, 1.165) is 36.6 Å². The Morgan fingerprint density at radius 1 is 1.25 bits per heavy atom. The van der Waals surface area contributed by atoms with Crippen molar-refractivity contribution in [2.24, 2.45) is 0 Å². The van der Waals surface area contributed by atoms with Crippen LogP contribution in [0.25, 0.3) is 5.69 Å². The molecule has 16 heavy (non-hydrogen) atoms. The number of anilines is 1. The Labute approximate surface area is 94.3 Å². The van der Waals surface area contributed by atoms with Crippen molar-refractivity contribution in [3.63, 3.8) is 0 Å². The average molecular weight is 214 g/mol. The van der Waals surface area contributed by atoms with E-state index in [1.165, 1.54) is 5.56 Å². The van der Waals surface area contributed by atoms with E-state index in [2.05, 4.69) is 46.8 Å². The molecule has 0 atom stereocenters. The van der Waals surface area contributed by atoms with E-state index in [1.807, 2.05) is 4.68 Å². The van der Waals surface area contributed by atoms with Crippen LogP contribution in [-0.4, -0.2) is 21.5 Å². The predicted molar refractivity (Wildman–Crippen MR) is 62.9 cm³/mol. The molecule has 0 aliphatic carbocycles. The topological polar surface area (TPSA) is 42.7 Å². The summed E-state index contributed by atoms with van der Waals surface area (Å²) in [5.74, 6) is 1.05. The molecule has 82 valence electrons. The zero-order chi connectivity index (χ0) is 11.0. The van der Waals surface area contributed by atoms with Crippen molar-refractivity contribution < 1.29 is 0 Å². The maximum atomic E-state index is 4.21. The van der Waals surface area contributed by atoms with Crippen LogP contribution in [0.5, 0.6) is 0 Å². The molecule has 1 aromatic heterocycles. The molecule has 0 spiro atoms. The summed E-state index contributed by atoms with van der Waals surface area (Å²) in [6.07, 6.45) is 2.16. The molecule has 2 heterocycles. The minimum absolute atomic E-state index is 1.01. The number of aryl methyl sites for hydroxylation is 2. The Bertz CT molecular complexity index is 498. The normalized spacial score (nSPS) is 14.3. The first-order chi connectivity index (χ1) is 7.84. The zero-order valence-electron chi connectivity index (χ0n) is 9.27. The lowest BCUT2D eigenvalue weighted by Gasteiger charge is -2.14. The number of benzene rings is 1. The fourth-order valence-electron chi connectivity index (χ4n) is 1.99. The van der Waals surface area contributed by atoms with Crippen LogP contribution in [0, 0.1) is 6.92 Å². The first kappa shape index (κ1) is 9.39. The van der Waals surface area contributed by atoms with Gasteiger partial charge in [-0.25, -0.2) is 0 Å². The summed E-state index contributed by atoms with van der Waals surface area (Å²) in [5, 5.41) is 11.8. The number of nitrogens with one attached hydrogen (secondary N) is 1. The standard InChI is InChI=1S/C12H14N4/c1-9-4-6-10(7-5-9)16-12-11(14-15-16)3-2-8-13-12/h4-7,13H,2-3,8H2,1H3. The van der Waals surface area contributed by atoms with Gasteiger partial charge in [0.1, 0.15) is 5.69 Å². The zero-order valence-corrected chi connectivity index (χ0v) is 9.27. The lowest BCUT2D eigenvalue weighted by molar-refractivity contribution is 0.799. The third-order valence-corrected chi connectivity index (χ3v) is 2.90. The van der Waals surface area contributed by atoms with Gasteiger partial charge in [-0.15, -0.1) is 5.10 Å². The van der Waals surface area contributed by atoms with E-state index in [0.29, 0.717) is 0 Å². The van der Waals surface area contributed by atoms with Gasteiger partial charge < -0.3 is 5.32 Å². The highest BCUT2D eigenvalue weighted by molar-refractivity contribution is 5.49. The third kappa shape index (κ3) is 1.46. The molecule has 0 fully saturated rings. The van der Waals surface area contributed by atoms with Crippen molar-refractivity contribution >= 4 is 5.82 Å². The van der Waals surface area contributed by atoms with E-state index >= 15 is 0 Å². The molecule has 1 N–H and O–H groups in total. The number of hydrogen-bond acceptors (Lipinski definition) is 3. The van der Waals surface area contributed by atoms with Crippen molar-refractivity contribution in [2.45, 2.75) is 19.8 Å². The average Bonchev–Trinajstić information content (AvgIpc) is 2.74. The third-order valence-electron chi connectivity index (χ3n) is 2.90. The van der Waals surface area contributed by atoms with Crippen LogP contribution >= 0.6 is 0 Å². The Hall–Kier alpha value is -1.84. The van der Waals surface area contributed by atoms with E-state index < -0.39 is 0 Å². The summed E-state index contributed by atoms with van der Waals surface area (Å²) in [6.45, 7) is 3.09. The summed E-state index contributed by atoms with van der Waals surface area (Å²) < 4.78 is 1.88. The van der Waals surface area contributed by atoms with Crippen LogP contribution in [0.4, 0.5) is 5.82 Å². The molecular weight excluding hydrogens is 200 g/mol. The summed E-state index contributed by atoms with van der Waals surface area (Å²) in [7, 11) is 0. The Morgan fingerprint density at radius 2 is 2.06 bits per heavy atom. The number of aromatic nitrogens is 3. The first-order valence-electron chi connectivity index (χ1n) is 5.60. The number of rotatable bonds is 1. The van der Waals surface area contributed by atoms with Gasteiger partial charge in [0, 0.05) is 6.54 Å². The summed E-state index contributed by atoms with van der Waals surface area (Å²) >= 11 is 0. The maximum absolute atomic E-state index is 4.21. The van der Waals surface area contributed by atoms with Crippen LogP contribution in [0.1, 0.15) is 17.7 Å². The second-order valence-corrected chi connectivity index (χ2v) is 4.16. The summed E-state index contributed by atoms with van der Waals surface area (Å²) in [6, 6.07) is 8.32. The minimum atomic E-state index is 1.01. The van der Waals surface area contributed by atoms with Crippen molar-refractivity contribution in [2.75, 3.05) is 11.9 Å². The fraction of sp³-hybridized carbons (Fsp3) is 0.333. The quantitative estimate of drug-likeness (QED) is 0.788. The van der Waals surface area contributed by atoms with Gasteiger partial charge in [-0.1, -0.05) is 22.9 Å². The van der Waals surface area contributed by atoms with Crippen LogP contribution in [0.2, 0.25) is 0 Å². The molecule has 0 unspecified atom stereocenters.